The fraction of sp³-hybridized carbons (Fsp3) is 0.0952. The van der Waals surface area contributed by atoms with Crippen LogP contribution in [0, 0.1) is 17.0 Å². The smallest absolute Gasteiger partial charge is 0.258 e. The number of hydrogen-bond donors (Lipinski definition) is 0. The molecule has 1 aliphatic rings. The van der Waals surface area contributed by atoms with Crippen molar-refractivity contribution in [2.75, 3.05) is 0 Å². The van der Waals surface area contributed by atoms with Gasteiger partial charge in [0.05, 0.1) is 10.6 Å². The van der Waals surface area contributed by atoms with E-state index in [9.17, 15) is 10.1 Å². The van der Waals surface area contributed by atoms with Crippen LogP contribution in [0.5, 0.6) is 0 Å². The first-order valence-corrected chi connectivity index (χ1v) is 8.11. The summed E-state index contributed by atoms with van der Waals surface area (Å²) in [6, 6.07) is 19.4. The summed E-state index contributed by atoms with van der Waals surface area (Å²) >= 11 is 0. The van der Waals surface area contributed by atoms with E-state index in [1.165, 1.54) is 5.56 Å². The highest BCUT2D eigenvalue weighted by Crippen LogP contribution is 2.39. The van der Waals surface area contributed by atoms with Gasteiger partial charge in [0.2, 0.25) is 0 Å². The van der Waals surface area contributed by atoms with E-state index in [1.54, 1.807) is 12.1 Å². The van der Waals surface area contributed by atoms with Crippen LogP contribution in [0.4, 0.5) is 11.4 Å². The minimum absolute atomic E-state index is 0.143. The summed E-state index contributed by atoms with van der Waals surface area (Å²) in [6.07, 6.45) is 2.56. The molecule has 0 heterocycles. The quantitative estimate of drug-likeness (QED) is 0.294. The van der Waals surface area contributed by atoms with E-state index in [0.29, 0.717) is 6.42 Å². The zero-order valence-electron chi connectivity index (χ0n) is 13.8. The van der Waals surface area contributed by atoms with Crippen molar-refractivity contribution in [2.45, 2.75) is 13.3 Å². The molecule has 0 spiro atoms. The Morgan fingerprint density at radius 2 is 1.64 bits per heavy atom. The number of nitrogens with zero attached hydrogens (tertiary/aromatic N) is 2. The molecule has 0 N–H and O–H groups in total. The largest absolute Gasteiger partial charge is 0.269 e. The minimum atomic E-state index is -0.347. The highest BCUT2D eigenvalue weighted by Gasteiger charge is 2.21. The lowest BCUT2D eigenvalue weighted by molar-refractivity contribution is -0.384. The van der Waals surface area contributed by atoms with Crippen molar-refractivity contribution in [3.63, 3.8) is 0 Å². The van der Waals surface area contributed by atoms with Gasteiger partial charge in [-0.2, -0.15) is 0 Å². The van der Waals surface area contributed by atoms with Gasteiger partial charge < -0.3 is 0 Å². The van der Waals surface area contributed by atoms with Crippen molar-refractivity contribution in [3.05, 3.63) is 93.0 Å². The first-order valence-electron chi connectivity index (χ1n) is 8.11. The lowest BCUT2D eigenvalue weighted by atomic mass is 10.1. The number of fused-ring (bicyclic) bond motifs is 3. The van der Waals surface area contributed by atoms with Gasteiger partial charge in [0.25, 0.3) is 5.69 Å². The molecule has 1 aliphatic carbocycles. The van der Waals surface area contributed by atoms with Crippen molar-refractivity contribution in [2.24, 2.45) is 4.99 Å². The molecule has 3 aromatic carbocycles. The van der Waals surface area contributed by atoms with Crippen LogP contribution in [0.1, 0.15) is 22.3 Å². The molecule has 0 unspecified atom stereocenters. The molecule has 0 fully saturated rings. The summed E-state index contributed by atoms with van der Waals surface area (Å²) < 4.78 is 0. The molecule has 0 saturated heterocycles. The third-order valence-corrected chi connectivity index (χ3v) is 4.50. The van der Waals surface area contributed by atoms with E-state index >= 15 is 0 Å². The number of nitro benzene ring substituents is 1. The Kier molecular flexibility index (Phi) is 3.65. The van der Waals surface area contributed by atoms with Crippen LogP contribution >= 0.6 is 0 Å². The standard InChI is InChI=1S/C21H16N2O2/c1-14-2-4-15(5-3-14)13-22-18-6-8-20-16(11-18)10-17-12-19(23(24)25)7-9-21(17)20/h2-9,11-13H,10H2,1H3. The maximum atomic E-state index is 11.0. The summed E-state index contributed by atoms with van der Waals surface area (Å²) in [4.78, 5) is 15.2. The van der Waals surface area contributed by atoms with E-state index in [1.807, 2.05) is 30.5 Å². The number of non-ortho nitro benzene ring substituents is 1. The SMILES string of the molecule is Cc1ccc(C=Nc2ccc3c(c2)Cc2cc([N+](=O)[O-])ccc2-3)cc1. The molecule has 4 rings (SSSR count). The van der Waals surface area contributed by atoms with Crippen LogP contribution in [0.15, 0.2) is 65.7 Å². The van der Waals surface area contributed by atoms with Crippen LogP contribution < -0.4 is 0 Å². The number of hydrogen-bond acceptors (Lipinski definition) is 3. The molecule has 0 atom stereocenters. The van der Waals surface area contributed by atoms with Crippen molar-refractivity contribution >= 4 is 17.6 Å². The van der Waals surface area contributed by atoms with Gasteiger partial charge >= 0.3 is 0 Å². The van der Waals surface area contributed by atoms with Crippen LogP contribution in [-0.2, 0) is 6.42 Å². The third kappa shape index (κ3) is 2.94. The number of benzene rings is 3. The molecule has 4 heteroatoms. The predicted octanol–water partition coefficient (Wildman–Crippen LogP) is 5.23. The predicted molar refractivity (Wildman–Crippen MR) is 99.8 cm³/mol. The number of nitro groups is 1. The second-order valence-electron chi connectivity index (χ2n) is 6.29. The molecule has 3 aromatic rings. The van der Waals surface area contributed by atoms with Crippen molar-refractivity contribution in [3.8, 4) is 11.1 Å². The summed E-state index contributed by atoms with van der Waals surface area (Å²) in [5.74, 6) is 0. The fourth-order valence-corrected chi connectivity index (χ4v) is 3.18. The zero-order valence-corrected chi connectivity index (χ0v) is 13.8. The average Bonchev–Trinajstić information content (AvgIpc) is 2.98. The maximum Gasteiger partial charge on any atom is 0.269 e. The van der Waals surface area contributed by atoms with Gasteiger partial charge in [-0.15, -0.1) is 0 Å². The van der Waals surface area contributed by atoms with Gasteiger partial charge in [0.1, 0.15) is 0 Å². The van der Waals surface area contributed by atoms with Crippen LogP contribution in [0.3, 0.4) is 0 Å². The van der Waals surface area contributed by atoms with Gasteiger partial charge in [-0.3, -0.25) is 15.1 Å². The Hall–Kier alpha value is -3.27. The van der Waals surface area contributed by atoms with Gasteiger partial charge in [0, 0.05) is 18.3 Å². The molecular formula is C21H16N2O2. The topological polar surface area (TPSA) is 55.5 Å². The van der Waals surface area contributed by atoms with Crippen molar-refractivity contribution < 1.29 is 4.92 Å². The Bertz CT molecular complexity index is 1000. The van der Waals surface area contributed by atoms with Crippen molar-refractivity contribution in [1.29, 1.82) is 0 Å². The second-order valence-corrected chi connectivity index (χ2v) is 6.29. The monoisotopic (exact) mass is 328 g/mol. The molecule has 0 saturated carbocycles. The Morgan fingerprint density at radius 1 is 0.960 bits per heavy atom. The molecule has 4 nitrogen and oxygen atoms in total. The minimum Gasteiger partial charge on any atom is -0.258 e. The molecule has 122 valence electrons. The molecule has 0 aliphatic heterocycles. The summed E-state index contributed by atoms with van der Waals surface area (Å²) in [5.41, 5.74) is 7.70. The normalized spacial score (nSPS) is 12.2. The van der Waals surface area contributed by atoms with Gasteiger partial charge in [-0.25, -0.2) is 0 Å². The Morgan fingerprint density at radius 3 is 2.36 bits per heavy atom. The highest BCUT2D eigenvalue weighted by molar-refractivity contribution is 5.83. The molecule has 0 bridgehead atoms. The number of aliphatic imine (C=N–C) groups is 1. The van der Waals surface area contributed by atoms with Crippen molar-refractivity contribution in [1.82, 2.24) is 0 Å². The summed E-state index contributed by atoms with van der Waals surface area (Å²) in [6.45, 7) is 2.06. The van der Waals surface area contributed by atoms with Crippen LogP contribution in [0.25, 0.3) is 11.1 Å². The lowest BCUT2D eigenvalue weighted by Gasteiger charge is -2.02. The van der Waals surface area contributed by atoms with Crippen LogP contribution in [0.2, 0.25) is 0 Å². The maximum absolute atomic E-state index is 11.0. The second kappa shape index (κ2) is 5.98. The molecule has 0 amide bonds. The summed E-state index contributed by atoms with van der Waals surface area (Å²) in [5, 5.41) is 11.0. The molecule has 25 heavy (non-hydrogen) atoms. The van der Waals surface area contributed by atoms with E-state index in [2.05, 4.69) is 36.2 Å². The van der Waals surface area contributed by atoms with E-state index in [-0.39, 0.29) is 10.6 Å². The Balaban J connectivity index is 1.62. The fourth-order valence-electron chi connectivity index (χ4n) is 3.18. The van der Waals surface area contributed by atoms with E-state index in [4.69, 9.17) is 0 Å². The van der Waals surface area contributed by atoms with E-state index in [0.717, 1.165) is 33.5 Å². The van der Waals surface area contributed by atoms with Gasteiger partial charge in [-0.05, 0) is 59.4 Å². The average molecular weight is 328 g/mol. The number of rotatable bonds is 3. The van der Waals surface area contributed by atoms with Gasteiger partial charge in [-0.1, -0.05) is 35.9 Å². The third-order valence-electron chi connectivity index (χ3n) is 4.50. The Labute approximate surface area is 145 Å². The zero-order chi connectivity index (χ0) is 17.4. The van der Waals surface area contributed by atoms with Gasteiger partial charge in [0.15, 0.2) is 0 Å². The highest BCUT2D eigenvalue weighted by atomic mass is 16.6. The first kappa shape index (κ1) is 15.3. The number of aryl methyl sites for hydroxylation is 1. The summed E-state index contributed by atoms with van der Waals surface area (Å²) in [7, 11) is 0. The lowest BCUT2D eigenvalue weighted by Crippen LogP contribution is -1.89. The van der Waals surface area contributed by atoms with Crippen LogP contribution in [-0.4, -0.2) is 11.1 Å². The first-order chi connectivity index (χ1) is 12.1. The molecule has 0 aromatic heterocycles. The van der Waals surface area contributed by atoms with E-state index < -0.39 is 0 Å². The molecule has 0 radical (unpaired) electrons. The molecular weight excluding hydrogens is 312 g/mol.